The summed E-state index contributed by atoms with van der Waals surface area (Å²) in [5, 5.41) is 9.85. The summed E-state index contributed by atoms with van der Waals surface area (Å²) < 4.78 is 20.8. The second-order valence-corrected chi connectivity index (χ2v) is 15.7. The van der Waals surface area contributed by atoms with Crippen molar-refractivity contribution in [2.24, 2.45) is 11.8 Å². The molecule has 0 bridgehead atoms. The smallest absolute Gasteiger partial charge is 0.258 e. The number of carbonyl (C=O) groups excluding carboxylic acids is 3. The number of hydrogen-bond acceptors (Lipinski definition) is 7. The predicted molar refractivity (Wildman–Crippen MR) is 203 cm³/mol. The van der Waals surface area contributed by atoms with Crippen LogP contribution in [0.4, 0.5) is 21.5 Å². The first-order chi connectivity index (χ1) is 26.0. The van der Waals surface area contributed by atoms with E-state index >= 15 is 4.39 Å². The van der Waals surface area contributed by atoms with Gasteiger partial charge in [-0.05, 0) is 124 Å². The number of hydrogen-bond donors (Lipinski definition) is 2. The van der Waals surface area contributed by atoms with Gasteiger partial charge in [0, 0.05) is 67.0 Å². The lowest BCUT2D eigenvalue weighted by Crippen LogP contribution is -2.52. The van der Waals surface area contributed by atoms with Gasteiger partial charge in [0.1, 0.15) is 17.6 Å². The van der Waals surface area contributed by atoms with E-state index in [0.717, 1.165) is 84.6 Å². The maximum Gasteiger partial charge on any atom is 0.258 e. The lowest BCUT2D eigenvalue weighted by molar-refractivity contribution is -0.136. The van der Waals surface area contributed by atoms with Gasteiger partial charge in [0.25, 0.3) is 11.4 Å². The van der Waals surface area contributed by atoms with Crippen molar-refractivity contribution in [1.29, 1.82) is 0 Å². The molecular formula is C43H45FN6O4. The van der Waals surface area contributed by atoms with Crippen molar-refractivity contribution in [2.75, 3.05) is 23.3 Å². The summed E-state index contributed by atoms with van der Waals surface area (Å²) in [4.78, 5) is 45.0. The Kier molecular flexibility index (Phi) is 9.24. The van der Waals surface area contributed by atoms with E-state index in [1.165, 1.54) is 16.5 Å². The summed E-state index contributed by atoms with van der Waals surface area (Å²) in [5.41, 5.74) is 8.41. The van der Waals surface area contributed by atoms with Crippen LogP contribution in [0.3, 0.4) is 0 Å². The number of piperidine rings is 1. The minimum atomic E-state index is -0.734. The number of rotatable bonds is 10. The molecule has 3 heterocycles. The average Bonchev–Trinajstić information content (AvgIpc) is 3.82. The van der Waals surface area contributed by atoms with Crippen molar-refractivity contribution < 1.29 is 23.3 Å². The van der Waals surface area contributed by atoms with E-state index in [9.17, 15) is 14.4 Å². The minimum absolute atomic E-state index is 0.173. The third-order valence-corrected chi connectivity index (χ3v) is 12.1. The largest absolute Gasteiger partial charge is 0.382 e. The third kappa shape index (κ3) is 6.63. The summed E-state index contributed by atoms with van der Waals surface area (Å²) in [6, 6.07) is 17.4. The molecular weight excluding hydrogens is 684 g/mol. The Morgan fingerprint density at radius 3 is 2.41 bits per heavy atom. The Morgan fingerprint density at radius 1 is 1.00 bits per heavy atom. The Labute approximate surface area is 314 Å². The standard InChI is InChI=1S/C43H45FN6O4/c1-25-5-10-30(40-26(2)48-54-27(40)3)20-38(25)49(33-13-11-32(12-14-33)43(45-4)17-18-43)23-29-8-6-28(7-9-29)22-46-36-19-31-24-50(42(53)34(31)21-35(36)44)37-15-16-39(51)47-41(37)52/h5,10-14,19-21,28-29,37,46H,6-9,15-18,22-24H2,1-3H3,(H,47,51,52). The SMILES string of the molecule is [C-]#[N+]C1(c2ccc(N(CC3CCC(CNc4cc5c(cc4F)C(=O)N(C4CCC(=O)NC4=O)C5)CC3)c3cc(-c4c(C)noc4C)ccc3C)cc2)CC1. The van der Waals surface area contributed by atoms with E-state index in [1.807, 2.05) is 13.8 Å². The number of anilines is 3. The molecule has 1 saturated heterocycles. The van der Waals surface area contributed by atoms with Crippen LogP contribution in [0.1, 0.15) is 89.9 Å². The Bertz CT molecular complexity index is 2160. The van der Waals surface area contributed by atoms with Crippen molar-refractivity contribution in [3.8, 4) is 11.1 Å². The molecule has 2 aliphatic carbocycles. The fraction of sp³-hybridized carbons (Fsp3) is 0.419. The van der Waals surface area contributed by atoms with Crippen LogP contribution in [0.5, 0.6) is 0 Å². The molecule has 8 rings (SSSR count). The van der Waals surface area contributed by atoms with Crippen LogP contribution in [0.25, 0.3) is 16.0 Å². The van der Waals surface area contributed by atoms with Gasteiger partial charge in [0.05, 0.1) is 11.4 Å². The van der Waals surface area contributed by atoms with Crippen molar-refractivity contribution in [3.05, 3.63) is 106 Å². The van der Waals surface area contributed by atoms with Gasteiger partial charge in [0.2, 0.25) is 11.8 Å². The number of carbonyl (C=O) groups is 3. The molecule has 1 atom stereocenters. The highest BCUT2D eigenvalue weighted by Gasteiger charge is 2.52. The van der Waals surface area contributed by atoms with Crippen molar-refractivity contribution >= 4 is 34.8 Å². The van der Waals surface area contributed by atoms with E-state index in [-0.39, 0.29) is 42.3 Å². The molecule has 54 heavy (non-hydrogen) atoms. The molecule has 4 aliphatic rings. The normalized spacial score (nSPS) is 21.7. The van der Waals surface area contributed by atoms with Crippen molar-refractivity contribution in [2.45, 2.75) is 90.3 Å². The lowest BCUT2D eigenvalue weighted by atomic mass is 9.81. The highest BCUT2D eigenvalue weighted by atomic mass is 19.1. The van der Waals surface area contributed by atoms with Crippen LogP contribution in [-0.2, 0) is 21.7 Å². The molecule has 1 aromatic heterocycles. The van der Waals surface area contributed by atoms with Crippen LogP contribution < -0.4 is 15.5 Å². The van der Waals surface area contributed by atoms with Gasteiger partial charge in [-0.1, -0.05) is 17.3 Å². The molecule has 3 amide bonds. The summed E-state index contributed by atoms with van der Waals surface area (Å²) in [7, 11) is 0. The zero-order chi connectivity index (χ0) is 37.7. The predicted octanol–water partition coefficient (Wildman–Crippen LogP) is 8.13. The van der Waals surface area contributed by atoms with Gasteiger partial charge in [-0.3, -0.25) is 19.7 Å². The van der Waals surface area contributed by atoms with Crippen LogP contribution >= 0.6 is 0 Å². The zero-order valence-corrected chi connectivity index (χ0v) is 31.0. The van der Waals surface area contributed by atoms with E-state index < -0.39 is 17.8 Å². The molecule has 3 aromatic carbocycles. The third-order valence-electron chi connectivity index (χ3n) is 12.1. The number of halogens is 1. The molecule has 0 spiro atoms. The quantitative estimate of drug-likeness (QED) is 0.125. The van der Waals surface area contributed by atoms with Crippen LogP contribution in [-0.4, -0.2) is 46.9 Å². The zero-order valence-electron chi connectivity index (χ0n) is 31.0. The number of nitrogens with zero attached hydrogens (tertiary/aromatic N) is 4. The van der Waals surface area contributed by atoms with Crippen LogP contribution in [0, 0.1) is 45.0 Å². The van der Waals surface area contributed by atoms with E-state index in [1.54, 1.807) is 6.07 Å². The number of aromatic nitrogens is 1. The maximum absolute atomic E-state index is 15.3. The lowest BCUT2D eigenvalue weighted by Gasteiger charge is -2.35. The van der Waals surface area contributed by atoms with Gasteiger partial charge in [-0.25, -0.2) is 11.0 Å². The first kappa shape index (κ1) is 35.5. The molecule has 2 N–H and O–H groups in total. The highest BCUT2D eigenvalue weighted by molar-refractivity contribution is 6.05. The second-order valence-electron chi connectivity index (χ2n) is 15.7. The molecule has 0 radical (unpaired) electrons. The molecule has 278 valence electrons. The van der Waals surface area contributed by atoms with Gasteiger partial charge in [-0.2, -0.15) is 0 Å². The summed E-state index contributed by atoms with van der Waals surface area (Å²) in [6.07, 6.45) is 6.35. The Morgan fingerprint density at radius 2 is 1.74 bits per heavy atom. The van der Waals surface area contributed by atoms with E-state index in [2.05, 4.69) is 74.9 Å². The van der Waals surface area contributed by atoms with Crippen LogP contribution in [0.15, 0.2) is 59.1 Å². The number of aryl methyl sites for hydroxylation is 3. The summed E-state index contributed by atoms with van der Waals surface area (Å²) in [6.45, 7) is 15.5. The van der Waals surface area contributed by atoms with Crippen LogP contribution in [0.2, 0.25) is 0 Å². The number of imide groups is 1. The molecule has 10 nitrogen and oxygen atoms in total. The molecule has 1 unspecified atom stereocenters. The topological polar surface area (TPSA) is 112 Å². The molecule has 2 saturated carbocycles. The van der Waals surface area contributed by atoms with E-state index in [0.29, 0.717) is 29.6 Å². The Balaban J connectivity index is 0.949. The molecule has 2 aliphatic heterocycles. The fourth-order valence-corrected chi connectivity index (χ4v) is 8.68. The number of amides is 3. The average molecular weight is 729 g/mol. The van der Waals surface area contributed by atoms with Gasteiger partial charge in [-0.15, -0.1) is 0 Å². The van der Waals surface area contributed by atoms with Gasteiger partial charge in [0.15, 0.2) is 0 Å². The second kappa shape index (κ2) is 14.0. The van der Waals surface area contributed by atoms with Crippen molar-refractivity contribution in [1.82, 2.24) is 15.4 Å². The first-order valence-electron chi connectivity index (χ1n) is 19.0. The first-order valence-corrected chi connectivity index (χ1v) is 19.0. The number of benzene rings is 3. The number of fused-ring (bicyclic) bond motifs is 1. The Hall–Kier alpha value is -5.50. The summed E-state index contributed by atoms with van der Waals surface area (Å²) >= 11 is 0. The summed E-state index contributed by atoms with van der Waals surface area (Å²) in [5.74, 6) is -0.0745. The molecule has 11 heteroatoms. The van der Waals surface area contributed by atoms with Gasteiger partial charge < -0.3 is 24.5 Å². The minimum Gasteiger partial charge on any atom is -0.382 e. The maximum atomic E-state index is 15.3. The molecule has 3 fully saturated rings. The highest BCUT2D eigenvalue weighted by Crippen LogP contribution is 2.50. The molecule has 4 aromatic rings. The van der Waals surface area contributed by atoms with E-state index in [4.69, 9.17) is 11.1 Å². The van der Waals surface area contributed by atoms with Gasteiger partial charge >= 0.3 is 0 Å². The monoisotopic (exact) mass is 728 g/mol. The number of nitrogens with one attached hydrogen (secondary N) is 2. The fourth-order valence-electron chi connectivity index (χ4n) is 8.68. The van der Waals surface area contributed by atoms with Crippen molar-refractivity contribution in [3.63, 3.8) is 0 Å².